The summed E-state index contributed by atoms with van der Waals surface area (Å²) in [5.74, 6) is 0.971. The second-order valence-corrected chi connectivity index (χ2v) is 4.55. The average molecular weight is 305 g/mol. The fourth-order valence-corrected chi connectivity index (χ4v) is 1.61. The van der Waals surface area contributed by atoms with Crippen LogP contribution in [0.2, 0.25) is 0 Å². The molecular weight excluding hydrogens is 289 g/mol. The molecule has 1 N–H and O–H groups in total. The van der Waals surface area contributed by atoms with Crippen molar-refractivity contribution in [2.24, 2.45) is 0 Å². The van der Waals surface area contributed by atoms with E-state index in [0.717, 1.165) is 22.5 Å². The Balaban J connectivity index is 2.28. The molecule has 2 nitrogen and oxygen atoms in total. The van der Waals surface area contributed by atoms with Gasteiger partial charge in [0.05, 0.1) is 3.57 Å². The van der Waals surface area contributed by atoms with Crippen molar-refractivity contribution in [3.63, 3.8) is 0 Å². The van der Waals surface area contributed by atoms with Crippen LogP contribution in [-0.2, 0) is 0 Å². The molecule has 78 valence electrons. The topological polar surface area (TPSA) is 21.3 Å². The SMILES string of the molecule is CC(C)NCCOc1ccccc1I. The van der Waals surface area contributed by atoms with Crippen LogP contribution in [0.15, 0.2) is 24.3 Å². The molecule has 0 aliphatic carbocycles. The fraction of sp³-hybridized carbons (Fsp3) is 0.455. The Hall–Kier alpha value is -0.290. The largest absolute Gasteiger partial charge is 0.491 e. The van der Waals surface area contributed by atoms with Gasteiger partial charge in [0.15, 0.2) is 0 Å². The Kier molecular flexibility index (Phi) is 5.25. The van der Waals surface area contributed by atoms with E-state index in [1.807, 2.05) is 24.3 Å². The molecule has 0 amide bonds. The number of rotatable bonds is 5. The highest BCUT2D eigenvalue weighted by Gasteiger charge is 1.98. The molecule has 0 saturated heterocycles. The Labute approximate surface area is 99.2 Å². The lowest BCUT2D eigenvalue weighted by Crippen LogP contribution is -2.27. The minimum Gasteiger partial charge on any atom is -0.491 e. The molecule has 0 radical (unpaired) electrons. The minimum atomic E-state index is 0.522. The van der Waals surface area contributed by atoms with E-state index in [1.165, 1.54) is 0 Å². The van der Waals surface area contributed by atoms with Gasteiger partial charge in [-0.3, -0.25) is 0 Å². The Morgan fingerprint density at radius 1 is 1.36 bits per heavy atom. The quantitative estimate of drug-likeness (QED) is 0.667. The molecule has 1 rings (SSSR count). The molecule has 0 aromatic heterocycles. The van der Waals surface area contributed by atoms with E-state index in [9.17, 15) is 0 Å². The first-order chi connectivity index (χ1) is 6.70. The second kappa shape index (κ2) is 6.24. The Morgan fingerprint density at radius 3 is 2.71 bits per heavy atom. The Bertz CT molecular complexity index is 276. The molecular formula is C11H16INO. The van der Waals surface area contributed by atoms with Crippen LogP contribution < -0.4 is 10.1 Å². The van der Waals surface area contributed by atoms with Gasteiger partial charge in [0.2, 0.25) is 0 Å². The van der Waals surface area contributed by atoms with E-state index in [2.05, 4.69) is 41.8 Å². The highest BCUT2D eigenvalue weighted by Crippen LogP contribution is 2.19. The zero-order valence-electron chi connectivity index (χ0n) is 8.59. The molecule has 14 heavy (non-hydrogen) atoms. The number of ether oxygens (including phenoxy) is 1. The maximum Gasteiger partial charge on any atom is 0.132 e. The summed E-state index contributed by atoms with van der Waals surface area (Å²) in [4.78, 5) is 0. The van der Waals surface area contributed by atoms with Gasteiger partial charge in [-0.1, -0.05) is 26.0 Å². The van der Waals surface area contributed by atoms with Gasteiger partial charge in [-0.05, 0) is 34.7 Å². The summed E-state index contributed by atoms with van der Waals surface area (Å²) in [5.41, 5.74) is 0. The summed E-state index contributed by atoms with van der Waals surface area (Å²) in [5, 5.41) is 3.31. The number of para-hydroxylation sites is 1. The standard InChI is InChI=1S/C11H16INO/c1-9(2)13-7-8-14-11-6-4-3-5-10(11)12/h3-6,9,13H,7-8H2,1-2H3. The van der Waals surface area contributed by atoms with Crippen molar-refractivity contribution < 1.29 is 4.74 Å². The highest BCUT2D eigenvalue weighted by atomic mass is 127. The first-order valence-corrected chi connectivity index (χ1v) is 5.88. The summed E-state index contributed by atoms with van der Waals surface area (Å²) in [6.07, 6.45) is 0. The molecule has 3 heteroatoms. The average Bonchev–Trinajstić information content (AvgIpc) is 2.15. The first kappa shape index (κ1) is 11.8. The van der Waals surface area contributed by atoms with Gasteiger partial charge >= 0.3 is 0 Å². The van der Waals surface area contributed by atoms with Gasteiger partial charge in [0.1, 0.15) is 12.4 Å². The lowest BCUT2D eigenvalue weighted by molar-refractivity contribution is 0.307. The summed E-state index contributed by atoms with van der Waals surface area (Å²) in [7, 11) is 0. The minimum absolute atomic E-state index is 0.522. The molecule has 1 aromatic rings. The van der Waals surface area contributed by atoms with Crippen molar-refractivity contribution in [2.75, 3.05) is 13.2 Å². The summed E-state index contributed by atoms with van der Waals surface area (Å²) in [6, 6.07) is 8.57. The molecule has 0 bridgehead atoms. The van der Waals surface area contributed by atoms with Crippen molar-refractivity contribution >= 4 is 22.6 Å². The van der Waals surface area contributed by atoms with Gasteiger partial charge in [0, 0.05) is 12.6 Å². The van der Waals surface area contributed by atoms with Crippen LogP contribution in [0, 0.1) is 3.57 Å². The van der Waals surface area contributed by atoms with E-state index < -0.39 is 0 Å². The molecule has 0 heterocycles. The van der Waals surface area contributed by atoms with Crippen LogP contribution in [0.3, 0.4) is 0 Å². The third kappa shape index (κ3) is 4.28. The maximum atomic E-state index is 5.62. The van der Waals surface area contributed by atoms with E-state index in [4.69, 9.17) is 4.74 Å². The van der Waals surface area contributed by atoms with Crippen molar-refractivity contribution in [2.45, 2.75) is 19.9 Å². The Morgan fingerprint density at radius 2 is 2.07 bits per heavy atom. The summed E-state index contributed by atoms with van der Waals surface area (Å²) in [6.45, 7) is 5.87. The zero-order chi connectivity index (χ0) is 10.4. The zero-order valence-corrected chi connectivity index (χ0v) is 10.7. The number of nitrogens with one attached hydrogen (secondary N) is 1. The third-order valence-electron chi connectivity index (χ3n) is 1.75. The number of hydrogen-bond donors (Lipinski definition) is 1. The van der Waals surface area contributed by atoms with Crippen LogP contribution in [-0.4, -0.2) is 19.2 Å². The normalized spacial score (nSPS) is 10.6. The van der Waals surface area contributed by atoms with Crippen molar-refractivity contribution in [3.05, 3.63) is 27.8 Å². The van der Waals surface area contributed by atoms with Crippen LogP contribution in [0.4, 0.5) is 0 Å². The molecule has 1 aromatic carbocycles. The van der Waals surface area contributed by atoms with Gasteiger partial charge in [-0.2, -0.15) is 0 Å². The lowest BCUT2D eigenvalue weighted by atomic mass is 10.3. The van der Waals surface area contributed by atoms with Gasteiger partial charge < -0.3 is 10.1 Å². The second-order valence-electron chi connectivity index (χ2n) is 3.39. The predicted molar refractivity (Wildman–Crippen MR) is 67.8 cm³/mol. The number of halogens is 1. The van der Waals surface area contributed by atoms with Crippen molar-refractivity contribution in [3.8, 4) is 5.75 Å². The maximum absolute atomic E-state index is 5.62. The first-order valence-electron chi connectivity index (χ1n) is 4.81. The molecule has 0 unspecified atom stereocenters. The van der Waals surface area contributed by atoms with Crippen LogP contribution in [0.5, 0.6) is 5.75 Å². The van der Waals surface area contributed by atoms with E-state index >= 15 is 0 Å². The molecule has 0 spiro atoms. The smallest absolute Gasteiger partial charge is 0.132 e. The number of hydrogen-bond acceptors (Lipinski definition) is 2. The number of benzene rings is 1. The monoisotopic (exact) mass is 305 g/mol. The summed E-state index contributed by atoms with van der Waals surface area (Å²) >= 11 is 2.28. The van der Waals surface area contributed by atoms with Crippen LogP contribution in [0.1, 0.15) is 13.8 Å². The fourth-order valence-electron chi connectivity index (χ4n) is 1.07. The van der Waals surface area contributed by atoms with Crippen LogP contribution >= 0.6 is 22.6 Å². The van der Waals surface area contributed by atoms with Gasteiger partial charge in [0.25, 0.3) is 0 Å². The molecule has 0 aliphatic rings. The molecule has 0 saturated carbocycles. The van der Waals surface area contributed by atoms with Crippen molar-refractivity contribution in [1.82, 2.24) is 5.32 Å². The van der Waals surface area contributed by atoms with E-state index in [-0.39, 0.29) is 0 Å². The molecule has 0 atom stereocenters. The third-order valence-corrected chi connectivity index (χ3v) is 2.64. The lowest BCUT2D eigenvalue weighted by Gasteiger charge is -2.10. The predicted octanol–water partition coefficient (Wildman–Crippen LogP) is 2.67. The summed E-state index contributed by atoms with van der Waals surface area (Å²) < 4.78 is 6.78. The van der Waals surface area contributed by atoms with E-state index in [1.54, 1.807) is 0 Å². The van der Waals surface area contributed by atoms with Crippen LogP contribution in [0.25, 0.3) is 0 Å². The highest BCUT2D eigenvalue weighted by molar-refractivity contribution is 14.1. The van der Waals surface area contributed by atoms with E-state index in [0.29, 0.717) is 6.04 Å². The van der Waals surface area contributed by atoms with Gasteiger partial charge in [-0.25, -0.2) is 0 Å². The molecule has 0 aliphatic heterocycles. The van der Waals surface area contributed by atoms with Gasteiger partial charge in [-0.15, -0.1) is 0 Å². The van der Waals surface area contributed by atoms with Crippen molar-refractivity contribution in [1.29, 1.82) is 0 Å². The molecule has 0 fully saturated rings.